The van der Waals surface area contributed by atoms with E-state index in [0.717, 1.165) is 0 Å². The van der Waals surface area contributed by atoms with Gasteiger partial charge >= 0.3 is 175 Å². The van der Waals surface area contributed by atoms with Crippen LogP contribution in [0.3, 0.4) is 0 Å². The first kappa shape index (κ1) is 45.5. The first-order chi connectivity index (χ1) is 1.73. The van der Waals surface area contributed by atoms with Crippen molar-refractivity contribution >= 4 is 7.32 Å². The van der Waals surface area contributed by atoms with Crippen LogP contribution in [0.25, 0.3) is 0 Å². The zero-order chi connectivity index (χ0) is 3.58. The van der Waals surface area contributed by atoms with E-state index in [0.29, 0.717) is 0 Å². The summed E-state index contributed by atoms with van der Waals surface area (Å²) < 4.78 is 0. The van der Waals surface area contributed by atoms with Crippen molar-refractivity contribution in [1.82, 2.24) is 0 Å². The van der Waals surface area contributed by atoms with Crippen molar-refractivity contribution in [3.63, 3.8) is 0 Å². The van der Waals surface area contributed by atoms with Crippen LogP contribution in [0.4, 0.5) is 0 Å². The Hall–Kier alpha value is 5.24. The third-order valence-corrected chi connectivity index (χ3v) is 0. The molecule has 0 aromatic heterocycles. The molecule has 0 bridgehead atoms. The number of rotatable bonds is 0. The molecule has 0 atom stereocenters. The van der Waals surface area contributed by atoms with Gasteiger partial charge in [0.25, 0.3) is 0 Å². The van der Waals surface area contributed by atoms with Gasteiger partial charge in [0.05, 0.1) is 0 Å². The molecule has 0 spiro atoms. The van der Waals surface area contributed by atoms with Crippen molar-refractivity contribution in [2.24, 2.45) is 0 Å². The predicted molar refractivity (Wildman–Crippen MR) is 16.6 cm³/mol. The maximum absolute atomic E-state index is 8.42. The Morgan fingerprint density at radius 2 is 0.600 bits per heavy atom. The molecule has 0 aliphatic carbocycles. The number of hydrogen-bond donors (Lipinski definition) is 0. The summed E-state index contributed by atoms with van der Waals surface area (Å²) in [4.78, 5) is 0. The monoisotopic (exact) mass is 368 g/mol. The van der Waals surface area contributed by atoms with E-state index < -0.39 is 7.32 Å². The fourth-order valence-electron chi connectivity index (χ4n) is 0. The van der Waals surface area contributed by atoms with Crippen LogP contribution in [0.1, 0.15) is 0 Å². The summed E-state index contributed by atoms with van der Waals surface area (Å²) in [5, 5.41) is 25.2. The molecule has 10 heteroatoms. The van der Waals surface area contributed by atoms with Gasteiger partial charge in [-0.15, -0.1) is 0 Å². The fourth-order valence-corrected chi connectivity index (χ4v) is 0. The van der Waals surface area contributed by atoms with E-state index >= 15 is 0 Å². The predicted octanol–water partition coefficient (Wildman–Crippen LogP) is -15.4. The smallest absolute Gasteiger partial charge is 0.907 e. The van der Waals surface area contributed by atoms with Crippen molar-refractivity contribution in [2.45, 2.75) is 0 Å². The minimum Gasteiger partial charge on any atom is -0.907 e. The van der Waals surface area contributed by atoms with Gasteiger partial charge in [-0.2, -0.15) is 0 Å². The van der Waals surface area contributed by atoms with Crippen LogP contribution in [0.2, 0.25) is 0 Å². The molecule has 6 N–H and O–H groups in total. The van der Waals surface area contributed by atoms with Crippen molar-refractivity contribution in [1.29, 1.82) is 0 Å². The molecule has 0 aliphatic rings. The van der Waals surface area contributed by atoms with Gasteiger partial charge in [0.2, 0.25) is 0 Å². The minimum atomic E-state index is -2.92. The second-order valence-corrected chi connectivity index (χ2v) is 0.289. The molecular weight excluding hydrogens is 363 g/mol. The topological polar surface area (TPSA) is 164 Å². The Bertz CT molecular complexity index is 17.7. The van der Waals surface area contributed by atoms with Crippen LogP contribution in [-0.4, -0.2) is 23.7 Å². The summed E-state index contributed by atoms with van der Waals surface area (Å²) in [6.45, 7) is 0. The summed E-state index contributed by atoms with van der Waals surface area (Å²) in [6.07, 6.45) is 0. The van der Waals surface area contributed by atoms with Crippen LogP contribution in [-0.2, 0) is 0 Å². The van der Waals surface area contributed by atoms with Gasteiger partial charge in [0.15, 0.2) is 0 Å². The zero-order valence-corrected chi connectivity index (χ0v) is 21.1. The molecule has 0 rings (SSSR count). The molecule has 0 amide bonds. The van der Waals surface area contributed by atoms with E-state index in [1.165, 1.54) is 0 Å². The zero-order valence-electron chi connectivity index (χ0n) is 6.30. The quantitative estimate of drug-likeness (QED) is 0.388. The summed E-state index contributed by atoms with van der Waals surface area (Å²) in [7, 11) is -2.92. The third-order valence-electron chi connectivity index (χ3n) is 0. The largest absolute Gasteiger partial charge is 1.00 e. The third kappa shape index (κ3) is 72.2. The standard InChI is InChI=1S/BO3.3H2O.3Rb/c2-1(3)4;;;;;;/h;3*1H2;;;/q-3;;;;3*+1. The first-order valence-corrected chi connectivity index (χ1v) is 0.707. The molecule has 10 heavy (non-hydrogen) atoms. The summed E-state index contributed by atoms with van der Waals surface area (Å²) >= 11 is 0. The van der Waals surface area contributed by atoms with Crippen molar-refractivity contribution in [3.05, 3.63) is 0 Å². The van der Waals surface area contributed by atoms with Gasteiger partial charge in [0.1, 0.15) is 0 Å². The Morgan fingerprint density at radius 3 is 0.600 bits per heavy atom. The summed E-state index contributed by atoms with van der Waals surface area (Å²) in [5.74, 6) is 0. The Balaban J connectivity index is -0.00000000300. The molecule has 0 unspecified atom stereocenters. The molecule has 0 radical (unpaired) electrons. The molecule has 6 nitrogen and oxygen atoms in total. The van der Waals surface area contributed by atoms with Crippen molar-refractivity contribution in [3.8, 4) is 0 Å². The van der Waals surface area contributed by atoms with Crippen LogP contribution in [0.15, 0.2) is 0 Å². The van der Waals surface area contributed by atoms with Gasteiger partial charge in [-0.05, 0) is 0 Å². The minimum absolute atomic E-state index is 0. The van der Waals surface area contributed by atoms with Gasteiger partial charge in [-0.1, -0.05) is 0 Å². The van der Waals surface area contributed by atoms with Crippen molar-refractivity contribution < 1.29 is 206 Å². The van der Waals surface area contributed by atoms with Crippen molar-refractivity contribution in [2.75, 3.05) is 0 Å². The molecular formula is H6BO6Rb3. The van der Waals surface area contributed by atoms with E-state index in [1.807, 2.05) is 0 Å². The SMILES string of the molecule is O.O.O.[O-]B([O-])[O-].[Rb+].[Rb+].[Rb+]. The van der Waals surface area contributed by atoms with Crippen LogP contribution >= 0.6 is 0 Å². The molecule has 48 valence electrons. The summed E-state index contributed by atoms with van der Waals surface area (Å²) in [5.41, 5.74) is 0. The van der Waals surface area contributed by atoms with Gasteiger partial charge < -0.3 is 31.5 Å². The second-order valence-electron chi connectivity index (χ2n) is 0.289. The van der Waals surface area contributed by atoms with Gasteiger partial charge in [0, 0.05) is 0 Å². The Morgan fingerprint density at radius 1 is 0.600 bits per heavy atom. The molecule has 0 aromatic carbocycles. The van der Waals surface area contributed by atoms with E-state index in [-0.39, 0.29) is 191 Å². The van der Waals surface area contributed by atoms with E-state index in [9.17, 15) is 0 Å². The van der Waals surface area contributed by atoms with E-state index in [4.69, 9.17) is 15.1 Å². The van der Waals surface area contributed by atoms with E-state index in [2.05, 4.69) is 0 Å². The first-order valence-electron chi connectivity index (χ1n) is 0.707. The number of hydrogen-bond acceptors (Lipinski definition) is 3. The fraction of sp³-hybridized carbons (Fsp3) is 0. The maximum Gasteiger partial charge on any atom is 1.00 e. The molecule has 0 aliphatic heterocycles. The van der Waals surface area contributed by atoms with Gasteiger partial charge in [-0.3, -0.25) is 7.32 Å². The Kier molecular flexibility index (Phi) is 167. The van der Waals surface area contributed by atoms with Crippen LogP contribution < -0.4 is 190 Å². The Labute approximate surface area is 206 Å². The average Bonchev–Trinajstić information content (AvgIpc) is 0.811. The molecule has 0 saturated carbocycles. The van der Waals surface area contributed by atoms with Gasteiger partial charge in [-0.25, -0.2) is 0 Å². The molecule has 0 saturated heterocycles. The second kappa shape index (κ2) is 36.8. The molecule has 0 aromatic rings. The average molecular weight is 369 g/mol. The van der Waals surface area contributed by atoms with Crippen LogP contribution in [0, 0.1) is 0 Å². The molecule has 0 fully saturated rings. The molecule has 0 heterocycles. The maximum atomic E-state index is 8.42. The van der Waals surface area contributed by atoms with Crippen LogP contribution in [0.5, 0.6) is 0 Å². The van der Waals surface area contributed by atoms with E-state index in [1.54, 1.807) is 0 Å². The normalized spacial score (nSPS) is 2.70. The summed E-state index contributed by atoms with van der Waals surface area (Å²) in [6, 6.07) is 0.